The summed E-state index contributed by atoms with van der Waals surface area (Å²) in [5, 5.41) is 12.7. The zero-order valence-corrected chi connectivity index (χ0v) is 36.1. The summed E-state index contributed by atoms with van der Waals surface area (Å²) in [6.45, 7) is 12.1. The average molecular weight is 840 g/mol. The zero-order valence-electron chi connectivity index (χ0n) is 35.3. The number of piperidine rings is 2. The molecule has 2 N–H and O–H groups in total. The topological polar surface area (TPSA) is 150 Å². The van der Waals surface area contributed by atoms with Crippen LogP contribution in [0, 0.1) is 11.3 Å². The predicted molar refractivity (Wildman–Crippen MR) is 235 cm³/mol. The number of benzene rings is 3. The highest BCUT2D eigenvalue weighted by Crippen LogP contribution is 2.46. The molecule has 4 amide bonds. The second-order valence-electron chi connectivity index (χ2n) is 17.7. The van der Waals surface area contributed by atoms with E-state index >= 15 is 0 Å². The molecule has 1 unspecified atom stereocenters. The number of nitrogens with zero attached hydrogens (tertiary/aromatic N) is 5. The maximum Gasteiger partial charge on any atom is 0.255 e. The maximum absolute atomic E-state index is 14.1. The highest BCUT2D eigenvalue weighted by atomic mass is 32.2. The molecule has 1 aromatic heterocycles. The third kappa shape index (κ3) is 7.52. The monoisotopic (exact) mass is 839 g/mol. The number of aryl methyl sites for hydroxylation is 1. The first-order valence-corrected chi connectivity index (χ1v) is 22.9. The molecule has 1 aliphatic carbocycles. The fraction of sp³-hybridized carbons (Fsp3) is 0.458. The van der Waals surface area contributed by atoms with Gasteiger partial charge in [-0.2, -0.15) is 5.26 Å². The van der Waals surface area contributed by atoms with E-state index in [-0.39, 0.29) is 29.9 Å². The van der Waals surface area contributed by atoms with Crippen LogP contribution in [0.15, 0.2) is 53.4 Å². The van der Waals surface area contributed by atoms with E-state index in [9.17, 15) is 29.2 Å². The van der Waals surface area contributed by atoms with Crippen LogP contribution in [-0.2, 0) is 32.8 Å². The molecule has 1 atom stereocenters. The van der Waals surface area contributed by atoms with Crippen molar-refractivity contribution >= 4 is 57.8 Å². The Morgan fingerprint density at radius 2 is 1.70 bits per heavy atom. The van der Waals surface area contributed by atoms with E-state index < -0.39 is 17.4 Å². The van der Waals surface area contributed by atoms with Crippen molar-refractivity contribution in [3.8, 4) is 6.07 Å². The number of nitriles is 1. The minimum absolute atomic E-state index is 0.0481. The molecule has 13 heteroatoms. The number of carbonyl (C=O) groups is 5. The number of fused-ring (bicyclic) bond motifs is 5. The number of anilines is 1. The Morgan fingerprint density at radius 1 is 0.918 bits per heavy atom. The lowest BCUT2D eigenvalue weighted by Crippen LogP contribution is -2.54. The maximum atomic E-state index is 14.1. The Labute approximate surface area is 361 Å². The number of amides is 4. The molecule has 12 nitrogen and oxygen atoms in total. The van der Waals surface area contributed by atoms with Crippen molar-refractivity contribution in [1.29, 1.82) is 5.26 Å². The smallest absolute Gasteiger partial charge is 0.255 e. The second-order valence-corrected chi connectivity index (χ2v) is 18.9. The van der Waals surface area contributed by atoms with E-state index in [1.54, 1.807) is 22.7 Å². The van der Waals surface area contributed by atoms with Gasteiger partial charge in [-0.25, -0.2) is 0 Å². The highest BCUT2D eigenvalue weighted by Gasteiger charge is 2.42. The molecule has 3 fully saturated rings. The lowest BCUT2D eigenvalue weighted by Gasteiger charge is -2.44. The van der Waals surface area contributed by atoms with Crippen LogP contribution in [-0.4, -0.2) is 106 Å². The first-order chi connectivity index (χ1) is 29.4. The van der Waals surface area contributed by atoms with Gasteiger partial charge in [-0.15, -0.1) is 11.8 Å². The van der Waals surface area contributed by atoms with Crippen molar-refractivity contribution in [2.45, 2.75) is 101 Å². The molecule has 0 bridgehead atoms. The minimum Gasteiger partial charge on any atom is -0.371 e. The minimum atomic E-state index is -0.614. The summed E-state index contributed by atoms with van der Waals surface area (Å²) in [5.74, 6) is 0.306. The summed E-state index contributed by atoms with van der Waals surface area (Å²) >= 11 is 1.72. The number of hydrogen-bond donors (Lipinski definition) is 2. The van der Waals surface area contributed by atoms with E-state index in [1.165, 1.54) is 11.3 Å². The molecule has 316 valence electrons. The fourth-order valence-corrected chi connectivity index (χ4v) is 11.3. The van der Waals surface area contributed by atoms with E-state index in [1.807, 2.05) is 35.2 Å². The van der Waals surface area contributed by atoms with Crippen molar-refractivity contribution in [2.75, 3.05) is 49.9 Å². The van der Waals surface area contributed by atoms with Gasteiger partial charge in [0.2, 0.25) is 17.7 Å². The molecule has 0 radical (unpaired) electrons. The normalized spacial score (nSPS) is 20.4. The SMILES string of the molecule is CCc1cc2c(cc1N1CCC(N3CCN(C(=O)CCCCSc4ccc5c(c4)CN(C4CCC(=O)NC4=O)C5=O)CC3)CC1)C(C)(C)c1[nH]c3cc(C#N)ccc3c1C2=O. The lowest BCUT2D eigenvalue weighted by molar-refractivity contribution is -0.137. The van der Waals surface area contributed by atoms with Crippen LogP contribution >= 0.6 is 11.8 Å². The number of imide groups is 1. The van der Waals surface area contributed by atoms with E-state index in [0.717, 1.165) is 121 Å². The third-order valence-corrected chi connectivity index (χ3v) is 14.9. The van der Waals surface area contributed by atoms with Crippen molar-refractivity contribution in [2.24, 2.45) is 0 Å². The molecular formula is C48H53N7O5S. The Kier molecular flexibility index (Phi) is 11.0. The van der Waals surface area contributed by atoms with Gasteiger partial charge in [0.05, 0.1) is 17.2 Å². The summed E-state index contributed by atoms with van der Waals surface area (Å²) in [7, 11) is 0. The van der Waals surface area contributed by atoms with Crippen LogP contribution in [0.2, 0.25) is 0 Å². The molecule has 9 rings (SSSR count). The summed E-state index contributed by atoms with van der Waals surface area (Å²) in [6, 6.07) is 17.9. The molecule has 4 aliphatic heterocycles. The molecule has 3 aromatic carbocycles. The summed E-state index contributed by atoms with van der Waals surface area (Å²) in [6.07, 6.45) is 5.83. The molecular weight excluding hydrogens is 787 g/mol. The Morgan fingerprint density at radius 3 is 2.44 bits per heavy atom. The van der Waals surface area contributed by atoms with Gasteiger partial charge in [0.25, 0.3) is 5.91 Å². The van der Waals surface area contributed by atoms with Crippen LogP contribution in [0.1, 0.15) is 120 Å². The molecule has 3 saturated heterocycles. The standard InChI is InChI=1S/C48H53N7O5S/c1-4-30-25-36-37(48(2,3)45-43(44(36)58)35-10-8-29(27-49)23-38(35)50-45)26-40(30)53-16-14-32(15-17-53)52-18-20-54(21-19-52)42(57)7-5-6-22-61-33-9-11-34-31(24-33)28-55(47(34)60)39-12-13-41(56)51-46(39)59/h8-11,23-26,32,39,50H,4-7,12-22,28H2,1-3H3,(H,51,56,59). The van der Waals surface area contributed by atoms with Gasteiger partial charge in [-0.05, 0) is 103 Å². The first-order valence-electron chi connectivity index (χ1n) is 21.9. The third-order valence-electron chi connectivity index (χ3n) is 13.8. The molecule has 0 spiro atoms. The van der Waals surface area contributed by atoms with Gasteiger partial charge < -0.3 is 19.7 Å². The average Bonchev–Trinajstić information content (AvgIpc) is 3.82. The van der Waals surface area contributed by atoms with Crippen LogP contribution in [0.3, 0.4) is 0 Å². The molecule has 5 heterocycles. The van der Waals surface area contributed by atoms with Gasteiger partial charge in [-0.3, -0.25) is 34.2 Å². The zero-order chi connectivity index (χ0) is 42.6. The molecule has 61 heavy (non-hydrogen) atoms. The predicted octanol–water partition coefficient (Wildman–Crippen LogP) is 6.31. The van der Waals surface area contributed by atoms with Crippen molar-refractivity contribution < 1.29 is 24.0 Å². The summed E-state index contributed by atoms with van der Waals surface area (Å²) in [5.41, 5.74) is 8.39. The van der Waals surface area contributed by atoms with Crippen LogP contribution < -0.4 is 10.2 Å². The Hall–Kier alpha value is -5.45. The Bertz CT molecular complexity index is 2500. The number of aromatic nitrogens is 1. The number of carbonyl (C=O) groups excluding carboxylic acids is 5. The van der Waals surface area contributed by atoms with Gasteiger partial charge in [0.1, 0.15) is 6.04 Å². The largest absolute Gasteiger partial charge is 0.371 e. The Balaban J connectivity index is 0.734. The number of nitrogens with one attached hydrogen (secondary N) is 2. The number of hydrogen-bond acceptors (Lipinski definition) is 9. The van der Waals surface area contributed by atoms with Crippen LogP contribution in [0.4, 0.5) is 5.69 Å². The van der Waals surface area contributed by atoms with Crippen LogP contribution in [0.5, 0.6) is 0 Å². The van der Waals surface area contributed by atoms with E-state index in [0.29, 0.717) is 36.6 Å². The van der Waals surface area contributed by atoms with Crippen LogP contribution in [0.25, 0.3) is 10.9 Å². The number of H-pyrrole nitrogens is 1. The lowest BCUT2D eigenvalue weighted by atomic mass is 9.70. The van der Waals surface area contributed by atoms with Gasteiger partial charge in [-0.1, -0.05) is 26.8 Å². The summed E-state index contributed by atoms with van der Waals surface area (Å²) in [4.78, 5) is 77.7. The second kappa shape index (κ2) is 16.4. The number of piperazine rings is 1. The number of unbranched alkanes of at least 4 members (excludes halogenated alkanes) is 1. The van der Waals surface area contributed by atoms with Crippen molar-refractivity contribution in [3.05, 3.63) is 93.2 Å². The summed E-state index contributed by atoms with van der Waals surface area (Å²) < 4.78 is 0. The molecule has 4 aromatic rings. The van der Waals surface area contributed by atoms with Crippen molar-refractivity contribution in [3.63, 3.8) is 0 Å². The quantitative estimate of drug-likeness (QED) is 0.107. The number of rotatable bonds is 10. The molecule has 0 saturated carbocycles. The number of aromatic amines is 1. The van der Waals surface area contributed by atoms with Crippen molar-refractivity contribution in [1.82, 2.24) is 25.0 Å². The molecule has 5 aliphatic rings. The van der Waals surface area contributed by atoms with Gasteiger partial charge >= 0.3 is 0 Å². The van der Waals surface area contributed by atoms with Gasteiger partial charge in [0.15, 0.2) is 5.78 Å². The number of ketones is 1. The van der Waals surface area contributed by atoms with E-state index in [4.69, 9.17) is 0 Å². The fourth-order valence-electron chi connectivity index (χ4n) is 10.3. The van der Waals surface area contributed by atoms with Gasteiger partial charge in [0, 0.05) is 108 Å². The number of thioether (sulfide) groups is 1. The highest BCUT2D eigenvalue weighted by molar-refractivity contribution is 7.99. The van der Waals surface area contributed by atoms with E-state index in [2.05, 4.69) is 59.1 Å². The first kappa shape index (κ1) is 40.9.